The molecule has 0 radical (unpaired) electrons. The van der Waals surface area contributed by atoms with E-state index in [0.29, 0.717) is 0 Å². The Morgan fingerprint density at radius 2 is 1.14 bits per heavy atom. The van der Waals surface area contributed by atoms with E-state index < -0.39 is 69.9 Å². The molecule has 0 saturated carbocycles. The second kappa shape index (κ2) is 6.51. The molecule has 0 aliphatic rings. The molecule has 1 aromatic carbocycles. The lowest BCUT2D eigenvalue weighted by Gasteiger charge is -2.17. The average Bonchev–Trinajstić information content (AvgIpc) is 2.50. The fraction of sp³-hybridized carbons (Fsp3) is 0.286. The molecule has 0 aliphatic heterocycles. The average molecular weight is 428 g/mol. The third kappa shape index (κ3) is 3.85. The molecule has 2 aromatic rings. The SMILES string of the molecule is CC(F)(F)c1cc(-c2c(F)c(F)c(C(F)(F)F)c(F)c2F)nc(C(F)(F)F)n1. The van der Waals surface area contributed by atoms with Gasteiger partial charge in [-0.1, -0.05) is 0 Å². The zero-order valence-corrected chi connectivity index (χ0v) is 13.0. The van der Waals surface area contributed by atoms with Gasteiger partial charge in [0.15, 0.2) is 23.3 Å². The largest absolute Gasteiger partial charge is 0.451 e. The number of aromatic nitrogens is 2. The summed E-state index contributed by atoms with van der Waals surface area (Å²) in [7, 11) is 0. The highest BCUT2D eigenvalue weighted by Gasteiger charge is 2.44. The van der Waals surface area contributed by atoms with Crippen molar-refractivity contribution in [2.24, 2.45) is 0 Å². The Bertz CT molecular complexity index is 863. The summed E-state index contributed by atoms with van der Waals surface area (Å²) in [5.41, 5.74) is -8.61. The maximum atomic E-state index is 14.0. The lowest BCUT2D eigenvalue weighted by atomic mass is 10.0. The Balaban J connectivity index is 2.93. The molecule has 0 N–H and O–H groups in total. The van der Waals surface area contributed by atoms with Crippen molar-refractivity contribution in [2.75, 3.05) is 0 Å². The summed E-state index contributed by atoms with van der Waals surface area (Å²) in [6.45, 7) is 0.0416. The molecule has 1 aromatic heterocycles. The lowest BCUT2D eigenvalue weighted by molar-refractivity contribution is -0.145. The Labute approximate surface area is 146 Å². The summed E-state index contributed by atoms with van der Waals surface area (Å²) in [6.07, 6.45) is -11.4. The van der Waals surface area contributed by atoms with Crippen LogP contribution in [0.5, 0.6) is 0 Å². The quantitative estimate of drug-likeness (QED) is 0.443. The lowest BCUT2D eigenvalue weighted by Crippen LogP contribution is -2.20. The summed E-state index contributed by atoms with van der Waals surface area (Å²) in [4.78, 5) is 4.98. The van der Waals surface area contributed by atoms with Gasteiger partial charge in [0, 0.05) is 6.92 Å². The minimum absolute atomic E-state index is 0.0416. The van der Waals surface area contributed by atoms with E-state index in [2.05, 4.69) is 9.97 Å². The van der Waals surface area contributed by atoms with E-state index in [-0.39, 0.29) is 13.0 Å². The Morgan fingerprint density at radius 3 is 1.50 bits per heavy atom. The summed E-state index contributed by atoms with van der Waals surface area (Å²) in [6, 6.07) is -0.136. The number of rotatable bonds is 2. The minimum atomic E-state index is -5.90. The van der Waals surface area contributed by atoms with Gasteiger partial charge in [0.1, 0.15) is 11.3 Å². The van der Waals surface area contributed by atoms with Crippen molar-refractivity contribution in [2.45, 2.75) is 25.2 Å². The first-order chi connectivity index (χ1) is 12.5. The maximum Gasteiger partial charge on any atom is 0.451 e. The smallest absolute Gasteiger partial charge is 0.224 e. The molecule has 0 spiro atoms. The predicted octanol–water partition coefficient (Wildman–Crippen LogP) is 5.85. The van der Waals surface area contributed by atoms with Crippen molar-refractivity contribution in [1.82, 2.24) is 9.97 Å². The standard InChI is InChI=1S/C14H4F12N2/c1-12(19,20)4-2-3(27-11(28-4)14(24,25)26)5-7(15)9(17)6(13(21,22)23)10(18)8(5)16/h2H,1H3. The van der Waals surface area contributed by atoms with Gasteiger partial charge in [-0.15, -0.1) is 0 Å². The number of halogens is 12. The van der Waals surface area contributed by atoms with Crippen LogP contribution >= 0.6 is 0 Å². The van der Waals surface area contributed by atoms with Crippen LogP contribution in [0.15, 0.2) is 6.07 Å². The van der Waals surface area contributed by atoms with Crippen LogP contribution in [0.4, 0.5) is 52.7 Å². The number of nitrogens with zero attached hydrogens (tertiary/aromatic N) is 2. The van der Waals surface area contributed by atoms with E-state index in [4.69, 9.17) is 0 Å². The van der Waals surface area contributed by atoms with Crippen molar-refractivity contribution < 1.29 is 52.7 Å². The van der Waals surface area contributed by atoms with Crippen LogP contribution in [0.2, 0.25) is 0 Å². The summed E-state index contributed by atoms with van der Waals surface area (Å²) >= 11 is 0. The normalized spacial score (nSPS) is 13.2. The highest BCUT2D eigenvalue weighted by Crippen LogP contribution is 2.41. The first-order valence-electron chi connectivity index (χ1n) is 6.74. The fourth-order valence-corrected chi connectivity index (χ4v) is 2.03. The fourth-order valence-electron chi connectivity index (χ4n) is 2.03. The molecule has 0 saturated heterocycles. The Kier molecular flexibility index (Phi) is 5.06. The molecule has 0 bridgehead atoms. The minimum Gasteiger partial charge on any atom is -0.224 e. The van der Waals surface area contributed by atoms with Crippen molar-refractivity contribution in [1.29, 1.82) is 0 Å². The van der Waals surface area contributed by atoms with Crippen molar-refractivity contribution in [3.63, 3.8) is 0 Å². The van der Waals surface area contributed by atoms with Gasteiger partial charge in [-0.2, -0.15) is 35.1 Å². The highest BCUT2D eigenvalue weighted by molar-refractivity contribution is 5.63. The van der Waals surface area contributed by atoms with Crippen LogP contribution in [-0.2, 0) is 18.3 Å². The number of benzene rings is 1. The molecule has 0 amide bonds. The molecule has 0 fully saturated rings. The number of alkyl halides is 8. The molecule has 0 atom stereocenters. The summed E-state index contributed by atoms with van der Waals surface area (Å²) in [5, 5.41) is 0. The van der Waals surface area contributed by atoms with Gasteiger partial charge in [-0.3, -0.25) is 0 Å². The number of hydrogen-bond donors (Lipinski definition) is 0. The van der Waals surface area contributed by atoms with Crippen LogP contribution < -0.4 is 0 Å². The molecule has 28 heavy (non-hydrogen) atoms. The zero-order valence-electron chi connectivity index (χ0n) is 13.0. The van der Waals surface area contributed by atoms with E-state index >= 15 is 0 Å². The molecular formula is C14H4F12N2. The van der Waals surface area contributed by atoms with Crippen molar-refractivity contribution >= 4 is 0 Å². The van der Waals surface area contributed by atoms with Gasteiger partial charge in [0.2, 0.25) is 5.82 Å². The summed E-state index contributed by atoms with van der Waals surface area (Å²) in [5.74, 6) is -18.0. The Hall–Kier alpha value is -2.54. The van der Waals surface area contributed by atoms with Crippen LogP contribution in [0.25, 0.3) is 11.3 Å². The van der Waals surface area contributed by atoms with Gasteiger partial charge < -0.3 is 0 Å². The highest BCUT2D eigenvalue weighted by atomic mass is 19.4. The van der Waals surface area contributed by atoms with Crippen LogP contribution in [0.1, 0.15) is 24.0 Å². The van der Waals surface area contributed by atoms with Crippen LogP contribution in [0, 0.1) is 23.3 Å². The molecule has 154 valence electrons. The van der Waals surface area contributed by atoms with E-state index in [0.717, 1.165) is 0 Å². The van der Waals surface area contributed by atoms with Gasteiger partial charge in [-0.25, -0.2) is 27.5 Å². The van der Waals surface area contributed by atoms with Crippen molar-refractivity contribution in [3.05, 3.63) is 46.4 Å². The molecule has 2 nitrogen and oxygen atoms in total. The van der Waals surface area contributed by atoms with E-state index in [1.807, 2.05) is 0 Å². The monoisotopic (exact) mass is 428 g/mol. The third-order valence-corrected chi connectivity index (χ3v) is 3.23. The van der Waals surface area contributed by atoms with Crippen LogP contribution in [-0.4, -0.2) is 9.97 Å². The van der Waals surface area contributed by atoms with Crippen LogP contribution in [0.3, 0.4) is 0 Å². The molecule has 0 unspecified atom stereocenters. The van der Waals surface area contributed by atoms with E-state index in [1.165, 1.54) is 0 Å². The zero-order chi connectivity index (χ0) is 21.8. The predicted molar refractivity (Wildman–Crippen MR) is 66.9 cm³/mol. The van der Waals surface area contributed by atoms with Gasteiger partial charge in [0.05, 0.1) is 11.3 Å². The second-order valence-corrected chi connectivity index (χ2v) is 5.35. The van der Waals surface area contributed by atoms with Gasteiger partial charge >= 0.3 is 12.4 Å². The number of hydrogen-bond acceptors (Lipinski definition) is 2. The molecule has 2 rings (SSSR count). The van der Waals surface area contributed by atoms with E-state index in [9.17, 15) is 52.7 Å². The third-order valence-electron chi connectivity index (χ3n) is 3.23. The molecule has 14 heteroatoms. The molecule has 1 heterocycles. The Morgan fingerprint density at radius 1 is 0.679 bits per heavy atom. The first-order valence-corrected chi connectivity index (χ1v) is 6.74. The maximum absolute atomic E-state index is 14.0. The van der Waals surface area contributed by atoms with Crippen molar-refractivity contribution in [3.8, 4) is 11.3 Å². The van der Waals surface area contributed by atoms with Gasteiger partial charge in [0.25, 0.3) is 5.92 Å². The first kappa shape index (κ1) is 21.8. The molecule has 0 aliphatic carbocycles. The second-order valence-electron chi connectivity index (χ2n) is 5.35. The molecular weight excluding hydrogens is 424 g/mol. The van der Waals surface area contributed by atoms with Gasteiger partial charge in [-0.05, 0) is 6.07 Å². The topological polar surface area (TPSA) is 25.8 Å². The van der Waals surface area contributed by atoms with E-state index in [1.54, 1.807) is 0 Å². The summed E-state index contributed by atoms with van der Waals surface area (Å²) < 4.78 is 158.